The van der Waals surface area contributed by atoms with E-state index in [1.165, 1.54) is 18.4 Å². The maximum absolute atomic E-state index is 11.6. The lowest BCUT2D eigenvalue weighted by Crippen LogP contribution is -2.20. The van der Waals surface area contributed by atoms with Gasteiger partial charge in [-0.15, -0.1) is 11.6 Å². The number of hydrogen-bond acceptors (Lipinski definition) is 5. The summed E-state index contributed by atoms with van der Waals surface area (Å²) in [4.78, 5) is 23.1. The quantitative estimate of drug-likeness (QED) is 0.191. The number of nitrogens with zero attached hydrogens (tertiary/aromatic N) is 4. The second kappa shape index (κ2) is 20.7. The minimum atomic E-state index is -2.25. The summed E-state index contributed by atoms with van der Waals surface area (Å²) in [5.41, 5.74) is 5.12. The van der Waals surface area contributed by atoms with E-state index in [9.17, 15) is 13.6 Å². The first-order valence-electron chi connectivity index (χ1n) is 15.4. The van der Waals surface area contributed by atoms with Gasteiger partial charge in [0, 0.05) is 48.8 Å². The van der Waals surface area contributed by atoms with Crippen LogP contribution in [0.25, 0.3) is 17.5 Å². The first-order chi connectivity index (χ1) is 20.6. The van der Waals surface area contributed by atoms with Crippen LogP contribution in [-0.2, 0) is 4.79 Å². The minimum Gasteiger partial charge on any atom is -0.356 e. The standard InChI is InChI=1S/C23H25N5O.C5H9ClF2.C4H10.C2H6/c1-15(17(3)29)10-18-4-5-19(11-16(18)2)23-24-8-6-22(27-23)28-9-7-20(14-28)21-12-25-26-13-21;1-2-4(3-6)5(7)8;1-3-4-2;1-2/h4-6,8,10-13,20H,7,9,14H2,1-3H3,(H,25,26);4-5H,2-3H2,1H3;3-4H2,1-2H3;1-2H3/b15-10+;;;. The molecule has 0 saturated carbocycles. The van der Waals surface area contributed by atoms with Crippen molar-refractivity contribution in [3.05, 3.63) is 65.1 Å². The van der Waals surface area contributed by atoms with Crippen LogP contribution in [0.4, 0.5) is 14.6 Å². The number of ketones is 1. The van der Waals surface area contributed by atoms with Crippen LogP contribution in [-0.4, -0.2) is 51.3 Å². The van der Waals surface area contributed by atoms with Crippen LogP contribution in [0.1, 0.15) is 96.8 Å². The number of aromatic nitrogens is 4. The van der Waals surface area contributed by atoms with E-state index < -0.39 is 12.3 Å². The number of anilines is 1. The number of aromatic amines is 1. The molecule has 1 fully saturated rings. The molecular formula is C34H50ClF2N5O. The van der Waals surface area contributed by atoms with Crippen LogP contribution < -0.4 is 4.90 Å². The summed E-state index contributed by atoms with van der Waals surface area (Å²) in [6, 6.07) is 8.10. The molecule has 4 rings (SSSR count). The van der Waals surface area contributed by atoms with Crippen molar-refractivity contribution in [2.45, 2.75) is 93.4 Å². The molecule has 0 spiro atoms. The Balaban J connectivity index is 0.000000556. The predicted octanol–water partition coefficient (Wildman–Crippen LogP) is 9.51. The lowest BCUT2D eigenvalue weighted by atomic mass is 10.0. The summed E-state index contributed by atoms with van der Waals surface area (Å²) < 4.78 is 23.2. The highest BCUT2D eigenvalue weighted by Crippen LogP contribution is 2.30. The minimum absolute atomic E-state index is 0.0637. The molecule has 1 aliphatic heterocycles. The number of allylic oxidation sites excluding steroid dienone is 1. The molecule has 3 aromatic rings. The number of unbranched alkanes of at least 4 members (excludes halogenated alkanes) is 1. The number of H-pyrrole nitrogens is 1. The zero-order chi connectivity index (χ0) is 32.4. The van der Waals surface area contributed by atoms with Crippen molar-refractivity contribution in [2.75, 3.05) is 23.9 Å². The van der Waals surface area contributed by atoms with Crippen molar-refractivity contribution in [2.24, 2.45) is 5.92 Å². The van der Waals surface area contributed by atoms with Crippen molar-refractivity contribution in [3.8, 4) is 11.4 Å². The van der Waals surface area contributed by atoms with Gasteiger partial charge in [0.25, 0.3) is 0 Å². The van der Waals surface area contributed by atoms with Crippen molar-refractivity contribution in [3.63, 3.8) is 0 Å². The molecule has 0 radical (unpaired) electrons. The number of nitrogens with one attached hydrogen (secondary N) is 1. The van der Waals surface area contributed by atoms with E-state index in [1.54, 1.807) is 13.8 Å². The third kappa shape index (κ3) is 12.6. The number of halogens is 3. The predicted molar refractivity (Wildman–Crippen MR) is 177 cm³/mol. The number of alkyl halides is 3. The van der Waals surface area contributed by atoms with E-state index >= 15 is 0 Å². The van der Waals surface area contributed by atoms with E-state index in [0.717, 1.165) is 53.4 Å². The van der Waals surface area contributed by atoms with Gasteiger partial charge in [-0.1, -0.05) is 59.6 Å². The Morgan fingerprint density at radius 2 is 1.86 bits per heavy atom. The van der Waals surface area contributed by atoms with Crippen LogP contribution in [0.3, 0.4) is 0 Å². The molecule has 1 aromatic carbocycles. The summed E-state index contributed by atoms with van der Waals surface area (Å²) in [5, 5.41) is 6.97. The number of aryl methyl sites for hydroxylation is 1. The summed E-state index contributed by atoms with van der Waals surface area (Å²) in [7, 11) is 0. The highest BCUT2D eigenvalue weighted by Gasteiger charge is 2.25. The number of hydrogen-bond donors (Lipinski definition) is 1. The smallest absolute Gasteiger partial charge is 0.242 e. The monoisotopic (exact) mass is 617 g/mol. The SMILES string of the molecule is CC.CC(=O)/C(C)=C/c1ccc(-c2nccc(N3CCC(c4cn[nH]c4)C3)n2)cc1C.CCC(CCl)C(F)F.CCCC. The number of Topliss-reactive ketones (excluding diaryl/α,β-unsaturated/α-hetero) is 1. The van der Waals surface area contributed by atoms with Gasteiger partial charge in [0.05, 0.1) is 6.20 Å². The zero-order valence-electron chi connectivity index (χ0n) is 27.1. The van der Waals surface area contributed by atoms with Crippen LogP contribution in [0.15, 0.2) is 48.4 Å². The Labute approximate surface area is 262 Å². The van der Waals surface area contributed by atoms with Crippen LogP contribution in [0, 0.1) is 12.8 Å². The molecule has 3 heterocycles. The van der Waals surface area contributed by atoms with Gasteiger partial charge in [0.2, 0.25) is 6.43 Å². The van der Waals surface area contributed by atoms with E-state index in [2.05, 4.69) is 40.0 Å². The highest BCUT2D eigenvalue weighted by atomic mass is 35.5. The van der Waals surface area contributed by atoms with E-state index in [-0.39, 0.29) is 11.7 Å². The molecule has 0 bridgehead atoms. The van der Waals surface area contributed by atoms with Crippen molar-refractivity contribution >= 4 is 29.3 Å². The van der Waals surface area contributed by atoms with Gasteiger partial charge in [-0.3, -0.25) is 9.89 Å². The lowest BCUT2D eigenvalue weighted by molar-refractivity contribution is -0.113. The van der Waals surface area contributed by atoms with Gasteiger partial charge in [0.15, 0.2) is 11.6 Å². The number of rotatable bonds is 9. The normalized spacial score (nSPS) is 15.0. The molecule has 1 N–H and O–H groups in total. The molecule has 0 amide bonds. The third-order valence-corrected chi connectivity index (χ3v) is 7.57. The number of benzene rings is 1. The second-order valence-electron chi connectivity index (χ2n) is 10.3. The van der Waals surface area contributed by atoms with Gasteiger partial charge in [0.1, 0.15) is 5.82 Å². The fourth-order valence-electron chi connectivity index (χ4n) is 4.06. The summed E-state index contributed by atoms with van der Waals surface area (Å²) in [6.45, 7) is 17.4. The van der Waals surface area contributed by atoms with Crippen LogP contribution in [0.2, 0.25) is 0 Å². The number of carbonyl (C=O) groups is 1. The van der Waals surface area contributed by atoms with Gasteiger partial charge in [-0.05, 0) is 74.1 Å². The average molecular weight is 618 g/mol. The molecule has 6 nitrogen and oxygen atoms in total. The Kier molecular flexibility index (Phi) is 18.3. The van der Waals surface area contributed by atoms with Crippen molar-refractivity contribution < 1.29 is 13.6 Å². The molecule has 2 atom stereocenters. The van der Waals surface area contributed by atoms with Crippen molar-refractivity contribution in [1.82, 2.24) is 20.2 Å². The topological polar surface area (TPSA) is 74.8 Å². The lowest BCUT2D eigenvalue weighted by Gasteiger charge is -2.18. The van der Waals surface area contributed by atoms with Gasteiger partial charge < -0.3 is 4.90 Å². The summed E-state index contributed by atoms with van der Waals surface area (Å²) in [5.74, 6) is 1.69. The fourth-order valence-corrected chi connectivity index (χ4v) is 4.41. The first kappa shape index (κ1) is 37.9. The third-order valence-electron chi connectivity index (χ3n) is 7.18. The molecule has 0 aliphatic carbocycles. The Morgan fingerprint density at radius 3 is 2.35 bits per heavy atom. The molecule has 9 heteroatoms. The first-order valence-corrected chi connectivity index (χ1v) is 15.9. The molecule has 238 valence electrons. The molecule has 1 aliphatic rings. The van der Waals surface area contributed by atoms with Gasteiger partial charge in [-0.25, -0.2) is 18.7 Å². The van der Waals surface area contributed by atoms with Gasteiger partial charge in [-0.2, -0.15) is 5.10 Å². The van der Waals surface area contributed by atoms with Crippen LogP contribution in [0.5, 0.6) is 0 Å². The zero-order valence-corrected chi connectivity index (χ0v) is 27.9. The molecule has 2 aromatic heterocycles. The Hall–Kier alpha value is -3.13. The average Bonchev–Trinajstić information content (AvgIpc) is 3.73. The van der Waals surface area contributed by atoms with E-state index in [0.29, 0.717) is 12.3 Å². The largest absolute Gasteiger partial charge is 0.356 e. The van der Waals surface area contributed by atoms with E-state index in [1.807, 2.05) is 70.6 Å². The molecule has 43 heavy (non-hydrogen) atoms. The Bertz CT molecular complexity index is 1230. The molecular weight excluding hydrogens is 568 g/mol. The number of carbonyl (C=O) groups excluding carboxylic acids is 1. The maximum Gasteiger partial charge on any atom is 0.242 e. The van der Waals surface area contributed by atoms with Crippen molar-refractivity contribution in [1.29, 1.82) is 0 Å². The molecule has 1 saturated heterocycles. The fraction of sp³-hybridized carbons (Fsp3) is 0.529. The summed E-state index contributed by atoms with van der Waals surface area (Å²) >= 11 is 5.18. The highest BCUT2D eigenvalue weighted by molar-refractivity contribution is 6.18. The maximum atomic E-state index is 11.6. The Morgan fingerprint density at radius 1 is 1.16 bits per heavy atom. The second-order valence-corrected chi connectivity index (χ2v) is 10.6. The van der Waals surface area contributed by atoms with E-state index in [4.69, 9.17) is 16.6 Å². The summed E-state index contributed by atoms with van der Waals surface area (Å²) in [6.07, 6.45) is 9.58. The van der Waals surface area contributed by atoms with Crippen LogP contribution >= 0.6 is 11.6 Å². The molecule has 2 unspecified atom stereocenters. The van der Waals surface area contributed by atoms with Gasteiger partial charge >= 0.3 is 0 Å².